The van der Waals surface area contributed by atoms with E-state index in [1.165, 1.54) is 29.3 Å². The third-order valence-corrected chi connectivity index (χ3v) is 4.72. The van der Waals surface area contributed by atoms with Gasteiger partial charge < -0.3 is 4.57 Å². The van der Waals surface area contributed by atoms with Gasteiger partial charge in [0.05, 0.1) is 12.1 Å². The molecule has 0 unspecified atom stereocenters. The summed E-state index contributed by atoms with van der Waals surface area (Å²) in [5.41, 5.74) is 6.07. The molecule has 0 atom stereocenters. The van der Waals surface area contributed by atoms with Gasteiger partial charge in [0.25, 0.3) is 11.5 Å². The van der Waals surface area contributed by atoms with Gasteiger partial charge >= 0.3 is 0 Å². The average molecular weight is 353 g/mol. The van der Waals surface area contributed by atoms with Crippen LogP contribution < -0.4 is 16.4 Å². The molecule has 6 heteroatoms. The number of nitrogens with one attached hydrogen (secondary N) is 2. The van der Waals surface area contributed by atoms with E-state index >= 15 is 0 Å². The molecule has 1 saturated carbocycles. The van der Waals surface area contributed by atoms with Crippen molar-refractivity contribution in [2.24, 2.45) is 5.92 Å². The number of hydrazine groups is 1. The second-order valence-electron chi connectivity index (χ2n) is 6.65. The molecule has 0 spiro atoms. The predicted octanol–water partition coefficient (Wildman–Crippen LogP) is 2.24. The van der Waals surface area contributed by atoms with Crippen molar-refractivity contribution in [2.75, 3.05) is 0 Å². The van der Waals surface area contributed by atoms with Gasteiger partial charge in [0, 0.05) is 18.2 Å². The van der Waals surface area contributed by atoms with Gasteiger partial charge in [-0.2, -0.15) is 0 Å². The first-order valence-corrected chi connectivity index (χ1v) is 8.98. The standard InChI is InChI=1S/C20H23N3O3/c24-18-12-11-17(14-23(18)13-15-7-3-1-4-8-15)20(26)22-21-19(25)16-9-5-2-6-10-16/h1,3-4,7-8,11-12,14,16H,2,5-6,9-10,13H2,(H,21,25)(H,22,26). The van der Waals surface area contributed by atoms with Crippen molar-refractivity contribution in [3.05, 3.63) is 70.1 Å². The van der Waals surface area contributed by atoms with Crippen molar-refractivity contribution in [1.82, 2.24) is 15.4 Å². The van der Waals surface area contributed by atoms with Crippen LogP contribution in [0.15, 0.2) is 53.5 Å². The minimum Gasteiger partial charge on any atom is -0.310 e. The van der Waals surface area contributed by atoms with Crippen LogP contribution in [0.1, 0.15) is 48.0 Å². The fourth-order valence-electron chi connectivity index (χ4n) is 3.23. The number of benzene rings is 1. The lowest BCUT2D eigenvalue weighted by Gasteiger charge is -2.20. The minimum absolute atomic E-state index is 0.0314. The molecular formula is C20H23N3O3. The van der Waals surface area contributed by atoms with Crippen molar-refractivity contribution in [1.29, 1.82) is 0 Å². The lowest BCUT2D eigenvalue weighted by Crippen LogP contribution is -2.45. The Morgan fingerprint density at radius 3 is 2.42 bits per heavy atom. The summed E-state index contributed by atoms with van der Waals surface area (Å²) in [5.74, 6) is -0.609. The van der Waals surface area contributed by atoms with Gasteiger partial charge in [0.15, 0.2) is 0 Å². The summed E-state index contributed by atoms with van der Waals surface area (Å²) in [6, 6.07) is 12.4. The maximum Gasteiger partial charge on any atom is 0.271 e. The molecule has 26 heavy (non-hydrogen) atoms. The molecule has 2 aromatic rings. The summed E-state index contributed by atoms with van der Waals surface area (Å²) in [7, 11) is 0. The Bertz CT molecular complexity index is 824. The van der Waals surface area contributed by atoms with E-state index in [1.54, 1.807) is 0 Å². The number of pyridine rings is 1. The smallest absolute Gasteiger partial charge is 0.271 e. The van der Waals surface area contributed by atoms with Crippen LogP contribution in [0.2, 0.25) is 0 Å². The van der Waals surface area contributed by atoms with Crippen LogP contribution in [0.25, 0.3) is 0 Å². The molecule has 3 rings (SSSR count). The van der Waals surface area contributed by atoms with Crippen molar-refractivity contribution in [2.45, 2.75) is 38.6 Å². The first-order chi connectivity index (χ1) is 12.6. The Morgan fingerprint density at radius 2 is 1.69 bits per heavy atom. The summed E-state index contributed by atoms with van der Waals surface area (Å²) in [6.07, 6.45) is 6.51. The van der Waals surface area contributed by atoms with Gasteiger partial charge in [-0.25, -0.2) is 0 Å². The molecule has 2 N–H and O–H groups in total. The zero-order valence-electron chi connectivity index (χ0n) is 14.6. The summed E-state index contributed by atoms with van der Waals surface area (Å²) >= 11 is 0. The first-order valence-electron chi connectivity index (χ1n) is 8.98. The van der Waals surface area contributed by atoms with E-state index in [0.717, 1.165) is 31.2 Å². The number of hydrogen-bond donors (Lipinski definition) is 2. The summed E-state index contributed by atoms with van der Waals surface area (Å²) in [5, 5.41) is 0. The van der Waals surface area contributed by atoms with E-state index in [4.69, 9.17) is 0 Å². The molecular weight excluding hydrogens is 330 g/mol. The highest BCUT2D eigenvalue weighted by Gasteiger charge is 2.21. The Balaban J connectivity index is 1.63. The van der Waals surface area contributed by atoms with Crippen LogP contribution in [0.5, 0.6) is 0 Å². The lowest BCUT2D eigenvalue weighted by molar-refractivity contribution is -0.126. The second kappa shape index (κ2) is 8.47. The summed E-state index contributed by atoms with van der Waals surface area (Å²) in [6.45, 7) is 0.384. The Morgan fingerprint density at radius 1 is 0.962 bits per heavy atom. The highest BCUT2D eigenvalue weighted by molar-refractivity contribution is 5.95. The van der Waals surface area contributed by atoms with Crippen molar-refractivity contribution >= 4 is 11.8 Å². The van der Waals surface area contributed by atoms with Gasteiger partial charge in [-0.1, -0.05) is 49.6 Å². The Hall–Kier alpha value is -2.89. The van der Waals surface area contributed by atoms with Crippen molar-refractivity contribution in [3.8, 4) is 0 Å². The lowest BCUT2D eigenvalue weighted by atomic mass is 9.89. The summed E-state index contributed by atoms with van der Waals surface area (Å²) < 4.78 is 1.48. The van der Waals surface area contributed by atoms with Crippen LogP contribution in [0.4, 0.5) is 0 Å². The molecule has 0 radical (unpaired) electrons. The van der Waals surface area contributed by atoms with Gasteiger partial charge in [0.2, 0.25) is 5.91 Å². The number of carbonyl (C=O) groups excluding carboxylic acids is 2. The zero-order chi connectivity index (χ0) is 18.4. The van der Waals surface area contributed by atoms with E-state index in [9.17, 15) is 14.4 Å². The fraction of sp³-hybridized carbons (Fsp3) is 0.350. The fourth-order valence-corrected chi connectivity index (χ4v) is 3.23. The van der Waals surface area contributed by atoms with Crippen LogP contribution in [-0.2, 0) is 11.3 Å². The van der Waals surface area contributed by atoms with E-state index in [1.807, 2.05) is 30.3 Å². The number of nitrogens with zero attached hydrogens (tertiary/aromatic N) is 1. The molecule has 1 aromatic carbocycles. The van der Waals surface area contributed by atoms with Gasteiger partial charge in [0.1, 0.15) is 0 Å². The molecule has 0 aliphatic heterocycles. The topological polar surface area (TPSA) is 80.2 Å². The van der Waals surface area contributed by atoms with Crippen LogP contribution >= 0.6 is 0 Å². The molecule has 1 fully saturated rings. The zero-order valence-corrected chi connectivity index (χ0v) is 14.6. The molecule has 1 aliphatic carbocycles. The third kappa shape index (κ3) is 4.59. The quantitative estimate of drug-likeness (QED) is 0.827. The maximum atomic E-state index is 12.3. The minimum atomic E-state index is -0.434. The van der Waals surface area contributed by atoms with E-state index < -0.39 is 5.91 Å². The maximum absolute atomic E-state index is 12.3. The predicted molar refractivity (Wildman–Crippen MR) is 98.4 cm³/mol. The van der Waals surface area contributed by atoms with Gasteiger partial charge in [-0.05, 0) is 24.5 Å². The van der Waals surface area contributed by atoms with Crippen LogP contribution in [0, 0.1) is 5.92 Å². The largest absolute Gasteiger partial charge is 0.310 e. The number of rotatable bonds is 4. The highest BCUT2D eigenvalue weighted by Crippen LogP contribution is 2.23. The molecule has 6 nitrogen and oxygen atoms in total. The molecule has 1 heterocycles. The van der Waals surface area contributed by atoms with E-state index in [0.29, 0.717) is 12.1 Å². The summed E-state index contributed by atoms with van der Waals surface area (Å²) in [4.78, 5) is 36.5. The monoisotopic (exact) mass is 353 g/mol. The number of carbonyl (C=O) groups is 2. The number of amides is 2. The average Bonchev–Trinajstić information content (AvgIpc) is 2.69. The molecule has 1 aliphatic rings. The molecule has 0 bridgehead atoms. The van der Waals surface area contributed by atoms with Gasteiger partial charge in [-0.3, -0.25) is 25.2 Å². The highest BCUT2D eigenvalue weighted by atomic mass is 16.2. The number of aromatic nitrogens is 1. The van der Waals surface area contributed by atoms with E-state index in [-0.39, 0.29) is 17.4 Å². The molecule has 0 saturated heterocycles. The van der Waals surface area contributed by atoms with Crippen LogP contribution in [-0.4, -0.2) is 16.4 Å². The SMILES string of the molecule is O=C(NNC(=O)C1CCCCC1)c1ccc(=O)n(Cc2ccccc2)c1. The Labute approximate surface area is 152 Å². The van der Waals surface area contributed by atoms with Gasteiger partial charge in [-0.15, -0.1) is 0 Å². The van der Waals surface area contributed by atoms with Crippen LogP contribution in [0.3, 0.4) is 0 Å². The van der Waals surface area contributed by atoms with E-state index in [2.05, 4.69) is 10.9 Å². The normalized spacial score (nSPS) is 14.6. The van der Waals surface area contributed by atoms with Crippen molar-refractivity contribution < 1.29 is 9.59 Å². The molecule has 136 valence electrons. The Kier molecular flexibility index (Phi) is 5.84. The molecule has 1 aromatic heterocycles. The second-order valence-corrected chi connectivity index (χ2v) is 6.65. The number of hydrogen-bond acceptors (Lipinski definition) is 3. The first kappa shape index (κ1) is 17.9. The van der Waals surface area contributed by atoms with Crippen molar-refractivity contribution in [3.63, 3.8) is 0 Å². The molecule has 2 amide bonds. The third-order valence-electron chi connectivity index (χ3n) is 4.72.